The number of hydrogen-bond donors (Lipinski definition) is 1. The van der Waals surface area contributed by atoms with Crippen LogP contribution in [0.5, 0.6) is 0 Å². The van der Waals surface area contributed by atoms with Crippen LogP contribution in [0, 0.1) is 13.8 Å². The molecule has 7 heteroatoms. The lowest BCUT2D eigenvalue weighted by Gasteiger charge is -2.10. The molecule has 6 nitrogen and oxygen atoms in total. The van der Waals surface area contributed by atoms with Gasteiger partial charge in [0.2, 0.25) is 0 Å². The van der Waals surface area contributed by atoms with Gasteiger partial charge in [0.15, 0.2) is 5.76 Å². The van der Waals surface area contributed by atoms with Crippen LogP contribution in [0.1, 0.15) is 37.0 Å². The molecular formula is C19H18N2O4S. The number of nitrogens with one attached hydrogen (secondary N) is 1. The van der Waals surface area contributed by atoms with E-state index < -0.39 is 5.97 Å². The first kappa shape index (κ1) is 17.9. The van der Waals surface area contributed by atoms with Crippen molar-refractivity contribution in [3.05, 3.63) is 69.6 Å². The normalized spacial score (nSPS) is 10.5. The van der Waals surface area contributed by atoms with Gasteiger partial charge in [-0.15, -0.1) is 11.3 Å². The molecule has 0 saturated heterocycles. The Balaban J connectivity index is 1.63. The zero-order valence-electron chi connectivity index (χ0n) is 14.4. The summed E-state index contributed by atoms with van der Waals surface area (Å²) in [6.45, 7) is 4.06. The standard InChI is InChI=1S/C19H18N2O4S/c1-12-5-6-14(10-15(12)21-18(22)16-4-3-8-24-16)19(23)25-9-7-17-13(2)20-11-26-17/h3-6,8,10-11H,7,9H2,1-2H3,(H,21,22). The highest BCUT2D eigenvalue weighted by atomic mass is 32.1. The molecule has 3 aromatic rings. The maximum atomic E-state index is 12.3. The third-order valence-electron chi connectivity index (χ3n) is 3.87. The molecule has 0 aliphatic heterocycles. The van der Waals surface area contributed by atoms with E-state index >= 15 is 0 Å². The van der Waals surface area contributed by atoms with Crippen molar-refractivity contribution in [3.63, 3.8) is 0 Å². The van der Waals surface area contributed by atoms with Gasteiger partial charge in [-0.25, -0.2) is 9.78 Å². The van der Waals surface area contributed by atoms with Crippen LogP contribution in [0.15, 0.2) is 46.5 Å². The zero-order chi connectivity index (χ0) is 18.5. The van der Waals surface area contributed by atoms with E-state index in [4.69, 9.17) is 9.15 Å². The Morgan fingerprint density at radius 2 is 2.12 bits per heavy atom. The highest BCUT2D eigenvalue weighted by Gasteiger charge is 2.14. The average Bonchev–Trinajstić information content (AvgIpc) is 3.29. The van der Waals surface area contributed by atoms with Gasteiger partial charge in [-0.3, -0.25) is 4.79 Å². The SMILES string of the molecule is Cc1ccc(C(=O)OCCc2scnc2C)cc1NC(=O)c1ccco1. The lowest BCUT2D eigenvalue weighted by Crippen LogP contribution is -2.13. The van der Waals surface area contributed by atoms with E-state index in [1.165, 1.54) is 6.26 Å². The number of anilines is 1. The van der Waals surface area contributed by atoms with Crippen molar-refractivity contribution in [2.75, 3.05) is 11.9 Å². The van der Waals surface area contributed by atoms with Gasteiger partial charge in [0.05, 0.1) is 29.6 Å². The highest BCUT2D eigenvalue weighted by molar-refractivity contribution is 7.09. The number of ether oxygens (including phenoxy) is 1. The Morgan fingerprint density at radius 1 is 1.27 bits per heavy atom. The van der Waals surface area contributed by atoms with Gasteiger partial charge in [0, 0.05) is 17.0 Å². The predicted molar refractivity (Wildman–Crippen MR) is 98.7 cm³/mol. The zero-order valence-corrected chi connectivity index (χ0v) is 15.3. The first-order valence-corrected chi connectivity index (χ1v) is 8.94. The molecule has 134 valence electrons. The molecule has 0 atom stereocenters. The van der Waals surface area contributed by atoms with E-state index in [2.05, 4.69) is 10.3 Å². The van der Waals surface area contributed by atoms with Gasteiger partial charge in [-0.1, -0.05) is 6.07 Å². The highest BCUT2D eigenvalue weighted by Crippen LogP contribution is 2.19. The number of thiazole rings is 1. The summed E-state index contributed by atoms with van der Waals surface area (Å²) in [7, 11) is 0. The lowest BCUT2D eigenvalue weighted by molar-refractivity contribution is 0.0509. The van der Waals surface area contributed by atoms with Gasteiger partial charge in [0.1, 0.15) is 0 Å². The number of aryl methyl sites for hydroxylation is 2. The minimum atomic E-state index is -0.430. The molecule has 1 aromatic carbocycles. The third kappa shape index (κ3) is 4.18. The minimum Gasteiger partial charge on any atom is -0.462 e. The number of furan rings is 1. The van der Waals surface area contributed by atoms with E-state index in [1.54, 1.807) is 47.2 Å². The van der Waals surface area contributed by atoms with Crippen LogP contribution in [-0.2, 0) is 11.2 Å². The van der Waals surface area contributed by atoms with Crippen molar-refractivity contribution in [1.82, 2.24) is 4.98 Å². The second-order valence-electron chi connectivity index (χ2n) is 5.71. The number of aromatic nitrogens is 1. The van der Waals surface area contributed by atoms with Crippen LogP contribution in [0.3, 0.4) is 0 Å². The van der Waals surface area contributed by atoms with Crippen molar-refractivity contribution >= 4 is 28.9 Å². The summed E-state index contributed by atoms with van der Waals surface area (Å²) in [6, 6.07) is 8.26. The summed E-state index contributed by atoms with van der Waals surface area (Å²) in [4.78, 5) is 29.7. The van der Waals surface area contributed by atoms with Crippen LogP contribution < -0.4 is 5.32 Å². The molecule has 0 aliphatic rings. The molecule has 3 rings (SSSR count). The van der Waals surface area contributed by atoms with Crippen molar-refractivity contribution in [2.45, 2.75) is 20.3 Å². The van der Waals surface area contributed by atoms with Crippen molar-refractivity contribution in [3.8, 4) is 0 Å². The molecule has 0 fully saturated rings. The van der Waals surface area contributed by atoms with E-state index in [1.807, 2.05) is 13.8 Å². The fourth-order valence-electron chi connectivity index (χ4n) is 2.36. The van der Waals surface area contributed by atoms with Gasteiger partial charge in [-0.05, 0) is 43.7 Å². The molecule has 2 heterocycles. The van der Waals surface area contributed by atoms with Gasteiger partial charge in [-0.2, -0.15) is 0 Å². The third-order valence-corrected chi connectivity index (χ3v) is 4.87. The summed E-state index contributed by atoms with van der Waals surface area (Å²) >= 11 is 1.55. The Hall–Kier alpha value is -2.93. The van der Waals surface area contributed by atoms with Crippen LogP contribution in [0.4, 0.5) is 5.69 Å². The van der Waals surface area contributed by atoms with E-state index in [-0.39, 0.29) is 18.3 Å². The van der Waals surface area contributed by atoms with Gasteiger partial charge >= 0.3 is 5.97 Å². The first-order chi connectivity index (χ1) is 12.5. The number of carbonyl (C=O) groups is 2. The summed E-state index contributed by atoms with van der Waals surface area (Å²) in [5.74, 6) is -0.595. The molecule has 2 aromatic heterocycles. The van der Waals surface area contributed by atoms with Gasteiger partial charge < -0.3 is 14.5 Å². The second-order valence-corrected chi connectivity index (χ2v) is 6.65. The monoisotopic (exact) mass is 370 g/mol. The second kappa shape index (κ2) is 7.97. The Bertz CT molecular complexity index is 916. The topological polar surface area (TPSA) is 81.4 Å². The molecule has 0 spiro atoms. The van der Waals surface area contributed by atoms with Crippen LogP contribution >= 0.6 is 11.3 Å². The molecule has 1 N–H and O–H groups in total. The minimum absolute atomic E-state index is 0.206. The number of nitrogens with zero attached hydrogens (tertiary/aromatic N) is 1. The number of rotatable bonds is 6. The van der Waals surface area contributed by atoms with Crippen LogP contribution in [0.2, 0.25) is 0 Å². The maximum absolute atomic E-state index is 12.3. The van der Waals surface area contributed by atoms with Crippen LogP contribution in [0.25, 0.3) is 0 Å². The Kier molecular flexibility index (Phi) is 5.48. The molecular weight excluding hydrogens is 352 g/mol. The molecule has 0 saturated carbocycles. The van der Waals surface area contributed by atoms with E-state index in [9.17, 15) is 9.59 Å². The van der Waals surface area contributed by atoms with Gasteiger partial charge in [0.25, 0.3) is 5.91 Å². The largest absolute Gasteiger partial charge is 0.462 e. The number of amides is 1. The number of benzene rings is 1. The smallest absolute Gasteiger partial charge is 0.338 e. The summed E-state index contributed by atoms with van der Waals surface area (Å²) in [6.07, 6.45) is 2.07. The molecule has 0 bridgehead atoms. The Morgan fingerprint density at radius 3 is 2.81 bits per heavy atom. The first-order valence-electron chi connectivity index (χ1n) is 8.06. The summed E-state index contributed by atoms with van der Waals surface area (Å²) < 4.78 is 10.4. The van der Waals surface area contributed by atoms with E-state index in [0.717, 1.165) is 16.1 Å². The Labute approximate surface area is 154 Å². The number of carbonyl (C=O) groups excluding carboxylic acids is 2. The quantitative estimate of drug-likeness (QED) is 0.663. The van der Waals surface area contributed by atoms with Crippen LogP contribution in [-0.4, -0.2) is 23.5 Å². The summed E-state index contributed by atoms with van der Waals surface area (Å²) in [5.41, 5.74) is 4.50. The molecule has 0 unspecified atom stereocenters. The number of hydrogen-bond acceptors (Lipinski definition) is 6. The fourth-order valence-corrected chi connectivity index (χ4v) is 3.12. The predicted octanol–water partition coefficient (Wildman–Crippen LogP) is 4.00. The van der Waals surface area contributed by atoms with Crippen molar-refractivity contribution in [1.29, 1.82) is 0 Å². The molecule has 0 radical (unpaired) electrons. The molecule has 26 heavy (non-hydrogen) atoms. The lowest BCUT2D eigenvalue weighted by atomic mass is 10.1. The molecule has 0 aliphatic carbocycles. The number of esters is 1. The van der Waals surface area contributed by atoms with Crippen molar-refractivity contribution < 1.29 is 18.7 Å². The molecule has 1 amide bonds. The maximum Gasteiger partial charge on any atom is 0.338 e. The average molecular weight is 370 g/mol. The van der Waals surface area contributed by atoms with E-state index in [0.29, 0.717) is 17.7 Å². The summed E-state index contributed by atoms with van der Waals surface area (Å²) in [5, 5.41) is 2.75. The fraction of sp³-hybridized carbons (Fsp3) is 0.211. The van der Waals surface area contributed by atoms with Crippen molar-refractivity contribution in [2.24, 2.45) is 0 Å².